The number of urea groups is 1. The van der Waals surface area contributed by atoms with Crippen LogP contribution in [0.2, 0.25) is 0 Å². The molecular weight excluding hydrogens is 372 g/mol. The molecule has 1 N–H and O–H groups in total. The van der Waals surface area contributed by atoms with Crippen molar-refractivity contribution in [3.05, 3.63) is 42.5 Å². The van der Waals surface area contributed by atoms with E-state index in [1.807, 2.05) is 4.90 Å². The molecule has 2 aliphatic heterocycles. The molecule has 0 atom stereocenters. The molecular formula is C21H28N4O4. The van der Waals surface area contributed by atoms with E-state index in [0.29, 0.717) is 50.6 Å². The van der Waals surface area contributed by atoms with Crippen molar-refractivity contribution < 1.29 is 19.1 Å². The molecule has 1 aromatic rings. The maximum atomic E-state index is 12.8. The van der Waals surface area contributed by atoms with Gasteiger partial charge in [0, 0.05) is 50.5 Å². The Bertz CT molecular complexity index is 750. The quantitative estimate of drug-likeness (QED) is 0.777. The fraction of sp³-hybridized carbons (Fsp3) is 0.476. The van der Waals surface area contributed by atoms with Crippen LogP contribution in [0, 0.1) is 0 Å². The lowest BCUT2D eigenvalue weighted by Gasteiger charge is -2.34. The molecule has 156 valence electrons. The van der Waals surface area contributed by atoms with Crippen LogP contribution in [-0.4, -0.2) is 80.1 Å². The van der Waals surface area contributed by atoms with Crippen molar-refractivity contribution >= 4 is 23.5 Å². The smallest absolute Gasteiger partial charge is 0.317 e. The molecule has 0 bridgehead atoms. The number of ether oxygens (including phenoxy) is 1. The minimum absolute atomic E-state index is 0.0350. The summed E-state index contributed by atoms with van der Waals surface area (Å²) in [5.41, 5.74) is 1.29. The summed E-state index contributed by atoms with van der Waals surface area (Å²) in [4.78, 5) is 41.8. The first-order chi connectivity index (χ1) is 14.0. The monoisotopic (exact) mass is 400 g/mol. The van der Waals surface area contributed by atoms with E-state index in [4.69, 9.17) is 4.74 Å². The van der Waals surface area contributed by atoms with E-state index in [0.717, 1.165) is 12.8 Å². The molecule has 0 saturated carbocycles. The third-order valence-corrected chi connectivity index (χ3v) is 5.41. The van der Waals surface area contributed by atoms with Crippen LogP contribution in [0.4, 0.5) is 10.5 Å². The molecule has 2 fully saturated rings. The summed E-state index contributed by atoms with van der Waals surface area (Å²) in [6.07, 6.45) is 2.72. The second kappa shape index (κ2) is 9.56. The lowest BCUT2D eigenvalue weighted by molar-refractivity contribution is -0.113. The number of hydrogen-bond donors (Lipinski definition) is 1. The average Bonchev–Trinajstić information content (AvgIpc) is 2.78. The molecule has 1 aromatic carbocycles. The van der Waals surface area contributed by atoms with Gasteiger partial charge in [-0.15, -0.1) is 0 Å². The standard InChI is InChI=1S/C21H28N4O4/c1-3-19(26)23(2)18-6-4-16(5-7-18)20(27)24-10-8-17(9-11-24)22-21(28)25-12-14-29-15-13-25/h3-7,17H,1,8-15H2,2H3,(H,22,28). The number of nitrogens with one attached hydrogen (secondary N) is 1. The summed E-state index contributed by atoms with van der Waals surface area (Å²) in [5, 5.41) is 3.07. The number of anilines is 1. The van der Waals surface area contributed by atoms with Gasteiger partial charge in [0.15, 0.2) is 0 Å². The Balaban J connectivity index is 1.50. The fourth-order valence-electron chi connectivity index (χ4n) is 3.53. The highest BCUT2D eigenvalue weighted by Gasteiger charge is 2.26. The molecule has 0 unspecified atom stereocenters. The van der Waals surface area contributed by atoms with Crippen LogP contribution < -0.4 is 10.2 Å². The van der Waals surface area contributed by atoms with Crippen molar-refractivity contribution in [1.29, 1.82) is 0 Å². The van der Waals surface area contributed by atoms with Crippen molar-refractivity contribution in [2.45, 2.75) is 18.9 Å². The first-order valence-corrected chi connectivity index (χ1v) is 9.92. The number of benzene rings is 1. The number of nitrogens with zero attached hydrogens (tertiary/aromatic N) is 3. The molecule has 0 aliphatic carbocycles. The zero-order valence-electron chi connectivity index (χ0n) is 16.8. The Labute approximate surface area is 171 Å². The molecule has 29 heavy (non-hydrogen) atoms. The van der Waals surface area contributed by atoms with E-state index in [1.165, 1.54) is 11.0 Å². The fourth-order valence-corrected chi connectivity index (χ4v) is 3.53. The lowest BCUT2D eigenvalue weighted by Crippen LogP contribution is -2.52. The van der Waals surface area contributed by atoms with Crippen LogP contribution in [0.1, 0.15) is 23.2 Å². The van der Waals surface area contributed by atoms with Crippen LogP contribution in [0.3, 0.4) is 0 Å². The molecule has 0 radical (unpaired) electrons. The highest BCUT2D eigenvalue weighted by atomic mass is 16.5. The van der Waals surface area contributed by atoms with Gasteiger partial charge in [0.25, 0.3) is 5.91 Å². The maximum absolute atomic E-state index is 12.8. The van der Waals surface area contributed by atoms with Gasteiger partial charge in [-0.05, 0) is 43.2 Å². The number of rotatable bonds is 4. The summed E-state index contributed by atoms with van der Waals surface area (Å²) in [7, 11) is 1.66. The second-order valence-corrected chi connectivity index (χ2v) is 7.26. The van der Waals surface area contributed by atoms with Gasteiger partial charge in [-0.2, -0.15) is 0 Å². The van der Waals surface area contributed by atoms with Gasteiger partial charge in [0.1, 0.15) is 0 Å². The van der Waals surface area contributed by atoms with Crippen molar-refractivity contribution in [3.63, 3.8) is 0 Å². The molecule has 3 rings (SSSR count). The molecule has 8 nitrogen and oxygen atoms in total. The number of carbonyl (C=O) groups is 3. The Morgan fingerprint density at radius 3 is 2.28 bits per heavy atom. The normalized spacial score (nSPS) is 17.6. The zero-order chi connectivity index (χ0) is 20.8. The summed E-state index contributed by atoms with van der Waals surface area (Å²) in [6, 6.07) is 7.00. The third kappa shape index (κ3) is 5.14. The number of likely N-dealkylation sites (tertiary alicyclic amines) is 1. The Morgan fingerprint density at radius 1 is 1.07 bits per heavy atom. The van der Waals surface area contributed by atoms with Gasteiger partial charge in [-0.1, -0.05) is 6.58 Å². The predicted octanol–water partition coefficient (Wildman–Crippen LogP) is 1.48. The average molecular weight is 400 g/mol. The SMILES string of the molecule is C=CC(=O)N(C)c1ccc(C(=O)N2CCC(NC(=O)N3CCOCC3)CC2)cc1. The predicted molar refractivity (Wildman–Crippen MR) is 110 cm³/mol. The Hall–Kier alpha value is -2.87. The first kappa shape index (κ1) is 20.9. The van der Waals surface area contributed by atoms with E-state index in [9.17, 15) is 14.4 Å². The van der Waals surface area contributed by atoms with Crippen molar-refractivity contribution in [2.24, 2.45) is 0 Å². The van der Waals surface area contributed by atoms with E-state index >= 15 is 0 Å². The molecule has 4 amide bonds. The topological polar surface area (TPSA) is 82.2 Å². The minimum Gasteiger partial charge on any atom is -0.378 e. The number of likely N-dealkylation sites (N-methyl/N-ethyl adjacent to an activating group) is 1. The Kier molecular flexibility index (Phi) is 6.87. The van der Waals surface area contributed by atoms with Crippen molar-refractivity contribution in [1.82, 2.24) is 15.1 Å². The van der Waals surface area contributed by atoms with Gasteiger partial charge in [-0.3, -0.25) is 9.59 Å². The molecule has 2 saturated heterocycles. The lowest BCUT2D eigenvalue weighted by atomic mass is 10.0. The van der Waals surface area contributed by atoms with Crippen LogP contribution in [0.5, 0.6) is 0 Å². The maximum Gasteiger partial charge on any atom is 0.317 e. The second-order valence-electron chi connectivity index (χ2n) is 7.26. The van der Waals surface area contributed by atoms with Crippen LogP contribution in [0.15, 0.2) is 36.9 Å². The molecule has 2 heterocycles. The summed E-state index contributed by atoms with van der Waals surface area (Å²) < 4.78 is 5.27. The number of piperidine rings is 1. The summed E-state index contributed by atoms with van der Waals surface area (Å²) in [5.74, 6) is -0.238. The summed E-state index contributed by atoms with van der Waals surface area (Å²) >= 11 is 0. The van der Waals surface area contributed by atoms with Gasteiger partial charge in [-0.25, -0.2) is 4.79 Å². The van der Waals surface area contributed by atoms with Crippen LogP contribution in [-0.2, 0) is 9.53 Å². The first-order valence-electron chi connectivity index (χ1n) is 9.92. The van der Waals surface area contributed by atoms with Crippen molar-refractivity contribution in [2.75, 3.05) is 51.3 Å². The Morgan fingerprint density at radius 2 is 1.69 bits per heavy atom. The molecule has 8 heteroatoms. The third-order valence-electron chi connectivity index (χ3n) is 5.41. The van der Waals surface area contributed by atoms with Gasteiger partial charge >= 0.3 is 6.03 Å². The van der Waals surface area contributed by atoms with Crippen molar-refractivity contribution in [3.8, 4) is 0 Å². The minimum atomic E-state index is -0.203. The van der Waals surface area contributed by atoms with E-state index in [2.05, 4.69) is 11.9 Å². The van der Waals surface area contributed by atoms with Gasteiger partial charge < -0.3 is 24.8 Å². The van der Waals surface area contributed by atoms with E-state index in [-0.39, 0.29) is 23.9 Å². The molecule has 0 aromatic heterocycles. The van der Waals surface area contributed by atoms with E-state index < -0.39 is 0 Å². The van der Waals surface area contributed by atoms with Gasteiger partial charge in [0.2, 0.25) is 5.91 Å². The highest BCUT2D eigenvalue weighted by Crippen LogP contribution is 2.18. The molecule has 0 spiro atoms. The number of morpholine rings is 1. The number of hydrogen-bond acceptors (Lipinski definition) is 4. The summed E-state index contributed by atoms with van der Waals surface area (Å²) in [6.45, 7) is 7.08. The highest BCUT2D eigenvalue weighted by molar-refractivity contribution is 6.01. The number of carbonyl (C=O) groups excluding carboxylic acids is 3. The molecule has 2 aliphatic rings. The van der Waals surface area contributed by atoms with Gasteiger partial charge in [0.05, 0.1) is 13.2 Å². The van der Waals surface area contributed by atoms with E-state index in [1.54, 1.807) is 36.2 Å². The van der Waals surface area contributed by atoms with Crippen LogP contribution >= 0.6 is 0 Å². The number of amides is 4. The van der Waals surface area contributed by atoms with Crippen LogP contribution in [0.25, 0.3) is 0 Å². The largest absolute Gasteiger partial charge is 0.378 e. The zero-order valence-corrected chi connectivity index (χ0v) is 16.8.